The number of carboxylic acid groups (broad SMARTS) is 1. The molecule has 21 heavy (non-hydrogen) atoms. The van der Waals surface area contributed by atoms with E-state index >= 15 is 0 Å². The molecule has 1 aliphatic heterocycles. The molecule has 1 heterocycles. The first kappa shape index (κ1) is 13.9. The molecule has 0 bridgehead atoms. The van der Waals surface area contributed by atoms with Gasteiger partial charge in [0.2, 0.25) is 0 Å². The monoisotopic (exact) mass is 293 g/mol. The van der Waals surface area contributed by atoms with E-state index in [4.69, 9.17) is 0 Å². The highest BCUT2D eigenvalue weighted by Crippen LogP contribution is 2.43. The summed E-state index contributed by atoms with van der Waals surface area (Å²) in [4.78, 5) is 25.3. The molecule has 6 heteroatoms. The molecular formula is C15H16FNO4. The minimum atomic E-state index is -1.03. The predicted octanol–water partition coefficient (Wildman–Crippen LogP) is 1.86. The SMILES string of the molecule is O=C(O)C1C2CCCC2CN1C(=O)c1cc(F)ccc1O. The van der Waals surface area contributed by atoms with Gasteiger partial charge in [0.1, 0.15) is 17.6 Å². The standard InChI is InChI=1S/C15H16FNO4/c16-9-4-5-12(18)11(6-9)14(19)17-7-8-2-1-3-10(8)13(17)15(20)21/h4-6,8,10,13,18H,1-3,7H2,(H,20,21). The first-order valence-corrected chi connectivity index (χ1v) is 7.01. The van der Waals surface area contributed by atoms with E-state index in [0.717, 1.165) is 37.5 Å². The Bertz CT molecular complexity index is 603. The number of halogens is 1. The van der Waals surface area contributed by atoms with Crippen LogP contribution in [0.5, 0.6) is 5.75 Å². The molecule has 0 aromatic heterocycles. The maximum Gasteiger partial charge on any atom is 0.326 e. The number of aromatic hydroxyl groups is 1. The van der Waals surface area contributed by atoms with Crippen molar-refractivity contribution < 1.29 is 24.2 Å². The number of phenolic OH excluding ortho intramolecular Hbond substituents is 1. The second kappa shape index (κ2) is 5.02. The summed E-state index contributed by atoms with van der Waals surface area (Å²) in [5.41, 5.74) is -0.179. The molecule has 1 amide bonds. The number of likely N-dealkylation sites (tertiary alicyclic amines) is 1. The number of hydrogen-bond donors (Lipinski definition) is 2. The Labute approximate surface area is 121 Å². The summed E-state index contributed by atoms with van der Waals surface area (Å²) in [5, 5.41) is 19.2. The molecule has 0 spiro atoms. The van der Waals surface area contributed by atoms with Crippen LogP contribution in [0.1, 0.15) is 29.6 Å². The number of fused-ring (bicyclic) bond motifs is 1. The molecule has 5 nitrogen and oxygen atoms in total. The number of aliphatic carboxylic acids is 1. The van der Waals surface area contributed by atoms with Crippen molar-refractivity contribution in [3.63, 3.8) is 0 Å². The van der Waals surface area contributed by atoms with Crippen LogP contribution in [0, 0.1) is 17.7 Å². The van der Waals surface area contributed by atoms with Gasteiger partial charge >= 0.3 is 5.97 Å². The van der Waals surface area contributed by atoms with Crippen molar-refractivity contribution >= 4 is 11.9 Å². The summed E-state index contributed by atoms with van der Waals surface area (Å²) in [6.45, 7) is 0.358. The van der Waals surface area contributed by atoms with E-state index in [1.165, 1.54) is 4.90 Å². The number of rotatable bonds is 2. The van der Waals surface area contributed by atoms with Gasteiger partial charge in [-0.05, 0) is 42.9 Å². The minimum absolute atomic E-state index is 0.0397. The van der Waals surface area contributed by atoms with Crippen molar-refractivity contribution in [3.8, 4) is 5.75 Å². The maximum atomic E-state index is 13.3. The van der Waals surface area contributed by atoms with E-state index in [9.17, 15) is 24.2 Å². The number of nitrogens with zero attached hydrogens (tertiary/aromatic N) is 1. The number of carboxylic acids is 1. The molecule has 2 aliphatic rings. The van der Waals surface area contributed by atoms with Crippen LogP contribution in [-0.4, -0.2) is 39.6 Å². The summed E-state index contributed by atoms with van der Waals surface area (Å²) in [7, 11) is 0. The van der Waals surface area contributed by atoms with Gasteiger partial charge in [-0.3, -0.25) is 4.79 Å². The predicted molar refractivity (Wildman–Crippen MR) is 71.4 cm³/mol. The summed E-state index contributed by atoms with van der Waals surface area (Å²) >= 11 is 0. The van der Waals surface area contributed by atoms with E-state index in [-0.39, 0.29) is 23.1 Å². The highest BCUT2D eigenvalue weighted by Gasteiger charge is 2.49. The molecule has 112 valence electrons. The molecular weight excluding hydrogens is 277 g/mol. The molecule has 1 saturated carbocycles. The van der Waals surface area contributed by atoms with Crippen molar-refractivity contribution in [1.29, 1.82) is 0 Å². The topological polar surface area (TPSA) is 77.8 Å². The van der Waals surface area contributed by atoms with Gasteiger partial charge in [-0.25, -0.2) is 9.18 Å². The molecule has 1 aromatic carbocycles. The van der Waals surface area contributed by atoms with Gasteiger partial charge in [-0.2, -0.15) is 0 Å². The van der Waals surface area contributed by atoms with Crippen molar-refractivity contribution in [2.24, 2.45) is 11.8 Å². The lowest BCUT2D eigenvalue weighted by molar-refractivity contribution is -0.142. The van der Waals surface area contributed by atoms with E-state index in [2.05, 4.69) is 0 Å². The van der Waals surface area contributed by atoms with Crippen LogP contribution in [0.3, 0.4) is 0 Å². The molecule has 3 unspecified atom stereocenters. The molecule has 3 rings (SSSR count). The Morgan fingerprint density at radius 1 is 1.29 bits per heavy atom. The first-order chi connectivity index (χ1) is 9.99. The fraction of sp³-hybridized carbons (Fsp3) is 0.467. The second-order valence-corrected chi connectivity index (χ2v) is 5.76. The van der Waals surface area contributed by atoms with Crippen molar-refractivity contribution in [3.05, 3.63) is 29.6 Å². The smallest absolute Gasteiger partial charge is 0.326 e. The molecule has 0 radical (unpaired) electrons. The maximum absolute atomic E-state index is 13.3. The van der Waals surface area contributed by atoms with Gasteiger partial charge in [-0.15, -0.1) is 0 Å². The van der Waals surface area contributed by atoms with Crippen LogP contribution in [0.4, 0.5) is 4.39 Å². The lowest BCUT2D eigenvalue weighted by atomic mass is 9.94. The van der Waals surface area contributed by atoms with Gasteiger partial charge in [0.15, 0.2) is 0 Å². The van der Waals surface area contributed by atoms with E-state index in [1.807, 2.05) is 0 Å². The molecule has 3 atom stereocenters. The third-order valence-corrected chi connectivity index (χ3v) is 4.59. The Morgan fingerprint density at radius 3 is 2.76 bits per heavy atom. The van der Waals surface area contributed by atoms with Gasteiger partial charge < -0.3 is 15.1 Å². The zero-order valence-electron chi connectivity index (χ0n) is 11.3. The van der Waals surface area contributed by atoms with Crippen molar-refractivity contribution in [1.82, 2.24) is 4.90 Å². The van der Waals surface area contributed by atoms with Gasteiger partial charge in [-0.1, -0.05) is 6.42 Å². The van der Waals surface area contributed by atoms with Crippen LogP contribution in [-0.2, 0) is 4.79 Å². The molecule has 1 saturated heterocycles. The fourth-order valence-electron chi connectivity index (χ4n) is 3.67. The summed E-state index contributed by atoms with van der Waals surface area (Å²) in [6, 6.07) is 2.23. The molecule has 2 fully saturated rings. The Morgan fingerprint density at radius 2 is 2.05 bits per heavy atom. The lowest BCUT2D eigenvalue weighted by Gasteiger charge is -2.24. The highest BCUT2D eigenvalue weighted by molar-refractivity contribution is 5.99. The van der Waals surface area contributed by atoms with Gasteiger partial charge in [0.05, 0.1) is 5.56 Å². The quantitative estimate of drug-likeness (QED) is 0.872. The van der Waals surface area contributed by atoms with Crippen LogP contribution in [0.15, 0.2) is 18.2 Å². The number of amides is 1. The number of phenols is 1. The van der Waals surface area contributed by atoms with Crippen molar-refractivity contribution in [2.45, 2.75) is 25.3 Å². The zero-order chi connectivity index (χ0) is 15.1. The van der Waals surface area contributed by atoms with Gasteiger partial charge in [0, 0.05) is 6.54 Å². The highest BCUT2D eigenvalue weighted by atomic mass is 19.1. The summed E-state index contributed by atoms with van der Waals surface area (Å²) < 4.78 is 13.3. The molecule has 1 aromatic rings. The average molecular weight is 293 g/mol. The Balaban J connectivity index is 1.93. The number of benzene rings is 1. The van der Waals surface area contributed by atoms with E-state index in [0.29, 0.717) is 6.54 Å². The zero-order valence-corrected chi connectivity index (χ0v) is 11.3. The minimum Gasteiger partial charge on any atom is -0.507 e. The second-order valence-electron chi connectivity index (χ2n) is 5.76. The summed E-state index contributed by atoms with van der Waals surface area (Å²) in [5.74, 6) is -2.47. The largest absolute Gasteiger partial charge is 0.507 e. The van der Waals surface area contributed by atoms with Crippen LogP contribution < -0.4 is 0 Å². The first-order valence-electron chi connectivity index (χ1n) is 7.01. The van der Waals surface area contributed by atoms with Crippen LogP contribution >= 0.6 is 0 Å². The van der Waals surface area contributed by atoms with Crippen LogP contribution in [0.2, 0.25) is 0 Å². The van der Waals surface area contributed by atoms with E-state index < -0.39 is 23.7 Å². The number of carbonyl (C=O) groups is 2. The van der Waals surface area contributed by atoms with E-state index in [1.54, 1.807) is 0 Å². The Kier molecular flexibility index (Phi) is 3.31. The summed E-state index contributed by atoms with van der Waals surface area (Å²) in [6.07, 6.45) is 2.68. The third kappa shape index (κ3) is 2.24. The van der Waals surface area contributed by atoms with Crippen molar-refractivity contribution in [2.75, 3.05) is 6.54 Å². The Hall–Kier alpha value is -2.11. The average Bonchev–Trinajstić information content (AvgIpc) is 3.00. The van der Waals surface area contributed by atoms with Crippen LogP contribution in [0.25, 0.3) is 0 Å². The molecule has 2 N–H and O–H groups in total. The fourth-order valence-corrected chi connectivity index (χ4v) is 3.67. The van der Waals surface area contributed by atoms with Gasteiger partial charge in [0.25, 0.3) is 5.91 Å². The third-order valence-electron chi connectivity index (χ3n) is 4.59. The number of carbonyl (C=O) groups excluding carboxylic acids is 1. The lowest BCUT2D eigenvalue weighted by Crippen LogP contribution is -2.43. The normalized spacial score (nSPS) is 27.7. The molecule has 1 aliphatic carbocycles. The number of hydrogen-bond acceptors (Lipinski definition) is 3.